The van der Waals surface area contributed by atoms with E-state index in [9.17, 15) is 0 Å². The van der Waals surface area contributed by atoms with Crippen molar-refractivity contribution in [2.75, 3.05) is 7.11 Å². The first-order valence-electron chi connectivity index (χ1n) is 13.5. The molecule has 0 N–H and O–H groups in total. The number of rotatable bonds is 3. The third-order valence-electron chi connectivity index (χ3n) is 8.07. The minimum atomic E-state index is 0.492. The minimum Gasteiger partial charge on any atom is -0.468 e. The van der Waals surface area contributed by atoms with Gasteiger partial charge in [-0.05, 0) is 95.2 Å². The van der Waals surface area contributed by atoms with Crippen LogP contribution in [0.1, 0.15) is 5.76 Å². The zero-order valence-corrected chi connectivity index (χ0v) is 22.3. The molecule has 5 nitrogen and oxygen atoms in total. The highest BCUT2D eigenvalue weighted by molar-refractivity contribution is 6.18. The first-order valence-corrected chi connectivity index (χ1v) is 13.5. The van der Waals surface area contributed by atoms with Gasteiger partial charge in [-0.1, -0.05) is 24.3 Å². The van der Waals surface area contributed by atoms with Crippen LogP contribution in [0.25, 0.3) is 88.1 Å². The molecule has 0 aliphatic rings. The molecule has 0 amide bonds. The summed E-state index contributed by atoms with van der Waals surface area (Å²) < 4.78 is 29.6. The molecule has 0 aliphatic heterocycles. The first-order chi connectivity index (χ1) is 20.1. The average Bonchev–Trinajstić information content (AvgIpc) is 3.78. The van der Waals surface area contributed by atoms with Gasteiger partial charge in [-0.2, -0.15) is 0 Å². The Kier molecular flexibility index (Phi) is 4.40. The normalized spacial score (nSPS) is 12.1. The Morgan fingerprint density at radius 2 is 0.951 bits per heavy atom. The molecule has 0 saturated heterocycles. The van der Waals surface area contributed by atoms with Gasteiger partial charge in [0.2, 0.25) is 0 Å². The molecule has 0 spiro atoms. The van der Waals surface area contributed by atoms with Crippen molar-refractivity contribution in [3.8, 4) is 28.6 Å². The second kappa shape index (κ2) is 8.05. The number of hydrogen-bond acceptors (Lipinski definition) is 5. The van der Waals surface area contributed by atoms with E-state index in [-0.39, 0.29) is 0 Å². The maximum atomic E-state index is 6.41. The third-order valence-corrected chi connectivity index (χ3v) is 8.07. The Labute approximate surface area is 233 Å². The fourth-order valence-corrected chi connectivity index (χ4v) is 6.01. The number of benzene rings is 5. The molecule has 41 heavy (non-hydrogen) atoms. The van der Waals surface area contributed by atoms with Crippen LogP contribution in [-0.4, -0.2) is 7.11 Å². The number of ether oxygens (including phenoxy) is 1. The number of methoxy groups -OCH3 is 1. The van der Waals surface area contributed by atoms with Crippen LogP contribution < -0.4 is 4.74 Å². The fraction of sp³-hybridized carbons (Fsp3) is 0.0556. The second-order valence-electron chi connectivity index (χ2n) is 10.6. The zero-order valence-electron chi connectivity index (χ0n) is 22.3. The van der Waals surface area contributed by atoms with Crippen molar-refractivity contribution in [2.24, 2.45) is 0 Å². The van der Waals surface area contributed by atoms with Crippen molar-refractivity contribution in [1.29, 1.82) is 0 Å². The van der Waals surface area contributed by atoms with Crippen molar-refractivity contribution in [3.63, 3.8) is 0 Å². The van der Waals surface area contributed by atoms with Crippen LogP contribution in [0.5, 0.6) is 5.95 Å². The van der Waals surface area contributed by atoms with Crippen LogP contribution in [0.15, 0.2) is 115 Å². The SMILES string of the molecule is COc1ccc(-c2ccc3cc4c(cc3c2)oc2cc3c(cc24)oc2cc4cc(-c5ccc(C)o5)ccc4cc23)o1. The van der Waals surface area contributed by atoms with Crippen LogP contribution in [0.3, 0.4) is 0 Å². The van der Waals surface area contributed by atoms with E-state index in [1.807, 2.05) is 31.2 Å². The van der Waals surface area contributed by atoms with E-state index in [0.717, 1.165) is 93.8 Å². The topological polar surface area (TPSA) is 61.8 Å². The molecule has 0 aliphatic carbocycles. The summed E-state index contributed by atoms with van der Waals surface area (Å²) in [5.41, 5.74) is 5.40. The van der Waals surface area contributed by atoms with Gasteiger partial charge >= 0.3 is 0 Å². The number of hydrogen-bond donors (Lipinski definition) is 0. The second-order valence-corrected chi connectivity index (χ2v) is 10.6. The number of furan rings is 4. The summed E-state index contributed by atoms with van der Waals surface area (Å²) in [4.78, 5) is 0. The van der Waals surface area contributed by atoms with E-state index in [0.29, 0.717) is 5.95 Å². The molecule has 4 heterocycles. The largest absolute Gasteiger partial charge is 0.468 e. The first kappa shape index (κ1) is 22.4. The van der Waals surface area contributed by atoms with E-state index in [1.165, 1.54) is 0 Å². The molecular formula is C36H22O5. The van der Waals surface area contributed by atoms with E-state index >= 15 is 0 Å². The summed E-state index contributed by atoms with van der Waals surface area (Å²) in [5.74, 6) is 3.02. The van der Waals surface area contributed by atoms with Gasteiger partial charge in [0.25, 0.3) is 5.95 Å². The van der Waals surface area contributed by atoms with Gasteiger partial charge in [0.15, 0.2) is 0 Å². The van der Waals surface area contributed by atoms with Crippen molar-refractivity contribution in [3.05, 3.63) is 103 Å². The van der Waals surface area contributed by atoms with Crippen molar-refractivity contribution in [2.45, 2.75) is 6.92 Å². The van der Waals surface area contributed by atoms with Crippen molar-refractivity contribution >= 4 is 65.4 Å². The van der Waals surface area contributed by atoms with Crippen LogP contribution in [0.2, 0.25) is 0 Å². The zero-order chi connectivity index (χ0) is 27.2. The molecule has 0 atom stereocenters. The molecule has 0 saturated carbocycles. The van der Waals surface area contributed by atoms with Gasteiger partial charge in [0, 0.05) is 38.7 Å². The fourth-order valence-electron chi connectivity index (χ4n) is 6.01. The third kappa shape index (κ3) is 3.36. The van der Waals surface area contributed by atoms with Crippen LogP contribution in [0, 0.1) is 6.92 Å². The maximum Gasteiger partial charge on any atom is 0.284 e. The van der Waals surface area contributed by atoms with Gasteiger partial charge in [0.05, 0.1) is 7.11 Å². The molecule has 5 aromatic carbocycles. The molecule has 9 rings (SSSR count). The summed E-state index contributed by atoms with van der Waals surface area (Å²) in [6, 6.07) is 33.2. The molecule has 0 unspecified atom stereocenters. The molecule has 4 aromatic heterocycles. The highest BCUT2D eigenvalue weighted by Crippen LogP contribution is 2.40. The lowest BCUT2D eigenvalue weighted by molar-refractivity contribution is 0.309. The molecule has 5 heteroatoms. The molecule has 9 aromatic rings. The molecule has 0 radical (unpaired) electrons. The van der Waals surface area contributed by atoms with Crippen molar-refractivity contribution in [1.82, 2.24) is 0 Å². The number of aryl methyl sites for hydroxylation is 1. The Bertz CT molecular complexity index is 2480. The van der Waals surface area contributed by atoms with E-state index in [1.54, 1.807) is 7.11 Å². The quantitative estimate of drug-likeness (QED) is 0.226. The average molecular weight is 535 g/mol. The van der Waals surface area contributed by atoms with E-state index in [2.05, 4.69) is 72.8 Å². The van der Waals surface area contributed by atoms with E-state index in [4.69, 9.17) is 22.4 Å². The van der Waals surface area contributed by atoms with Crippen LogP contribution in [0.4, 0.5) is 0 Å². The Hall–Kier alpha value is -5.42. The van der Waals surface area contributed by atoms with Gasteiger partial charge in [-0.25, -0.2) is 0 Å². The summed E-state index contributed by atoms with van der Waals surface area (Å²) in [7, 11) is 1.60. The Morgan fingerprint density at radius 1 is 0.439 bits per heavy atom. The lowest BCUT2D eigenvalue weighted by Crippen LogP contribution is -1.78. The highest BCUT2D eigenvalue weighted by Gasteiger charge is 2.16. The predicted octanol–water partition coefficient (Wildman–Crippen LogP) is 10.6. The molecule has 0 bridgehead atoms. The highest BCUT2D eigenvalue weighted by atomic mass is 16.6. The van der Waals surface area contributed by atoms with Gasteiger partial charge in [-0.15, -0.1) is 0 Å². The molecular weight excluding hydrogens is 512 g/mol. The van der Waals surface area contributed by atoms with Gasteiger partial charge in [-0.3, -0.25) is 0 Å². The predicted molar refractivity (Wildman–Crippen MR) is 163 cm³/mol. The van der Waals surface area contributed by atoms with E-state index < -0.39 is 0 Å². The lowest BCUT2D eigenvalue weighted by atomic mass is 10.0. The molecule has 0 fully saturated rings. The standard InChI is InChI=1S/C36H22O5/c1-19-3-8-30(38-19)22-6-4-20-13-26-28-17-35-29(18-34(28)39-32(26)15-24(20)11-22)27-14-21-5-7-23(12-25(21)16-33(27)40-35)31-9-10-36(37-2)41-31/h3-18H,1-2H3. The summed E-state index contributed by atoms with van der Waals surface area (Å²) in [5, 5.41) is 8.66. The Morgan fingerprint density at radius 3 is 1.46 bits per heavy atom. The monoisotopic (exact) mass is 534 g/mol. The van der Waals surface area contributed by atoms with Gasteiger partial charge in [0.1, 0.15) is 39.6 Å². The van der Waals surface area contributed by atoms with Gasteiger partial charge < -0.3 is 22.4 Å². The smallest absolute Gasteiger partial charge is 0.284 e. The number of fused-ring (bicyclic) bond motifs is 8. The minimum absolute atomic E-state index is 0.492. The lowest BCUT2D eigenvalue weighted by Gasteiger charge is -2.02. The summed E-state index contributed by atoms with van der Waals surface area (Å²) in [6.07, 6.45) is 0. The van der Waals surface area contributed by atoms with Crippen molar-refractivity contribution < 1.29 is 22.4 Å². The van der Waals surface area contributed by atoms with Crippen LogP contribution in [-0.2, 0) is 0 Å². The maximum absolute atomic E-state index is 6.41. The Balaban J connectivity index is 1.19. The summed E-state index contributed by atoms with van der Waals surface area (Å²) in [6.45, 7) is 1.96. The molecule has 196 valence electrons. The van der Waals surface area contributed by atoms with Crippen LogP contribution >= 0.6 is 0 Å². The summed E-state index contributed by atoms with van der Waals surface area (Å²) >= 11 is 0.